The van der Waals surface area contributed by atoms with Crippen LogP contribution in [-0.2, 0) is 4.79 Å². The third-order valence-electron chi connectivity index (χ3n) is 4.11. The minimum absolute atomic E-state index is 0.173. The fraction of sp³-hybridized carbons (Fsp3) is 0.294. The number of nitrogens with two attached hydrogens (primary N) is 1. The van der Waals surface area contributed by atoms with Gasteiger partial charge in [0.05, 0.1) is 17.4 Å². The summed E-state index contributed by atoms with van der Waals surface area (Å²) in [6.45, 7) is 0. The van der Waals surface area contributed by atoms with Gasteiger partial charge in [-0.05, 0) is 37.1 Å². The summed E-state index contributed by atoms with van der Waals surface area (Å²) < 4.78 is 4.89. The van der Waals surface area contributed by atoms with E-state index in [-0.39, 0.29) is 11.8 Å². The lowest BCUT2D eigenvalue weighted by molar-refractivity contribution is -0.121. The first-order valence-electron chi connectivity index (χ1n) is 7.61. The Morgan fingerprint density at radius 2 is 1.78 bits per heavy atom. The van der Waals surface area contributed by atoms with Crippen LogP contribution in [-0.4, -0.2) is 17.4 Å². The first-order valence-corrected chi connectivity index (χ1v) is 7.61. The van der Waals surface area contributed by atoms with E-state index in [1.807, 2.05) is 0 Å². The van der Waals surface area contributed by atoms with Crippen molar-refractivity contribution in [3.8, 4) is 0 Å². The standard InChI is InChI=1S/C17H19N3O3/c18-17(7-1-2-8-17)16(22)20-14-5-3-4-13(10-14)19-15(21)12-6-9-23-11-12/h3-6,9-11H,1-2,7-8,18H2,(H,19,21)(H,20,22). The number of anilines is 2. The van der Waals surface area contributed by atoms with Gasteiger partial charge < -0.3 is 20.8 Å². The maximum atomic E-state index is 12.3. The first-order chi connectivity index (χ1) is 11.1. The molecule has 0 spiro atoms. The molecule has 0 bridgehead atoms. The molecule has 6 heteroatoms. The monoisotopic (exact) mass is 313 g/mol. The quantitative estimate of drug-likeness (QED) is 0.808. The van der Waals surface area contributed by atoms with Crippen molar-refractivity contribution < 1.29 is 14.0 Å². The molecule has 1 aromatic heterocycles. The fourth-order valence-electron chi connectivity index (χ4n) is 2.76. The van der Waals surface area contributed by atoms with E-state index in [0.29, 0.717) is 29.8 Å². The van der Waals surface area contributed by atoms with Crippen LogP contribution >= 0.6 is 0 Å². The van der Waals surface area contributed by atoms with Gasteiger partial charge in [-0.25, -0.2) is 0 Å². The molecule has 0 unspecified atom stereocenters. The molecule has 3 rings (SSSR count). The highest BCUT2D eigenvalue weighted by atomic mass is 16.3. The van der Waals surface area contributed by atoms with Crippen LogP contribution in [0.5, 0.6) is 0 Å². The normalized spacial score (nSPS) is 16.0. The van der Waals surface area contributed by atoms with Gasteiger partial charge in [0.25, 0.3) is 5.91 Å². The highest BCUT2D eigenvalue weighted by Crippen LogP contribution is 2.28. The molecule has 4 N–H and O–H groups in total. The molecule has 0 aliphatic heterocycles. The van der Waals surface area contributed by atoms with Crippen LogP contribution in [0.25, 0.3) is 0 Å². The van der Waals surface area contributed by atoms with Crippen molar-refractivity contribution in [3.63, 3.8) is 0 Å². The summed E-state index contributed by atoms with van der Waals surface area (Å²) in [6.07, 6.45) is 6.17. The Morgan fingerprint density at radius 1 is 1.09 bits per heavy atom. The maximum absolute atomic E-state index is 12.3. The molecule has 2 aromatic rings. The van der Waals surface area contributed by atoms with Gasteiger partial charge in [-0.2, -0.15) is 0 Å². The summed E-state index contributed by atoms with van der Waals surface area (Å²) in [6, 6.07) is 8.57. The van der Waals surface area contributed by atoms with Crippen molar-refractivity contribution >= 4 is 23.2 Å². The fourth-order valence-corrected chi connectivity index (χ4v) is 2.76. The Labute approximate surface area is 134 Å². The SMILES string of the molecule is NC1(C(=O)Nc2cccc(NC(=O)c3ccoc3)c2)CCCC1. The minimum Gasteiger partial charge on any atom is -0.472 e. The molecule has 1 aliphatic rings. The second-order valence-electron chi connectivity index (χ2n) is 5.86. The zero-order chi connectivity index (χ0) is 16.3. The van der Waals surface area contributed by atoms with Crippen LogP contribution in [0.2, 0.25) is 0 Å². The molecule has 0 radical (unpaired) electrons. The minimum atomic E-state index is -0.782. The molecular weight excluding hydrogens is 294 g/mol. The number of hydrogen-bond donors (Lipinski definition) is 3. The molecule has 1 saturated carbocycles. The maximum Gasteiger partial charge on any atom is 0.258 e. The van der Waals surface area contributed by atoms with Crippen LogP contribution in [0.1, 0.15) is 36.0 Å². The summed E-state index contributed by atoms with van der Waals surface area (Å²) >= 11 is 0. The van der Waals surface area contributed by atoms with Gasteiger partial charge in [-0.15, -0.1) is 0 Å². The van der Waals surface area contributed by atoms with E-state index in [2.05, 4.69) is 10.6 Å². The van der Waals surface area contributed by atoms with Gasteiger partial charge in [-0.3, -0.25) is 9.59 Å². The van der Waals surface area contributed by atoms with Gasteiger partial charge >= 0.3 is 0 Å². The lowest BCUT2D eigenvalue weighted by Crippen LogP contribution is -2.48. The number of hydrogen-bond acceptors (Lipinski definition) is 4. The molecule has 2 amide bonds. The van der Waals surface area contributed by atoms with Crippen LogP contribution in [0, 0.1) is 0 Å². The van der Waals surface area contributed by atoms with Crippen LogP contribution < -0.4 is 16.4 Å². The van der Waals surface area contributed by atoms with Gasteiger partial charge in [0.15, 0.2) is 0 Å². The number of rotatable bonds is 4. The zero-order valence-corrected chi connectivity index (χ0v) is 12.7. The molecule has 0 saturated heterocycles. The summed E-state index contributed by atoms with van der Waals surface area (Å²) in [5, 5.41) is 5.59. The average Bonchev–Trinajstić information content (AvgIpc) is 3.19. The van der Waals surface area contributed by atoms with Crippen molar-refractivity contribution in [2.45, 2.75) is 31.2 Å². The van der Waals surface area contributed by atoms with E-state index in [1.54, 1.807) is 30.3 Å². The van der Waals surface area contributed by atoms with Crippen molar-refractivity contribution in [2.75, 3.05) is 10.6 Å². The van der Waals surface area contributed by atoms with Crippen LogP contribution in [0.4, 0.5) is 11.4 Å². The Hall–Kier alpha value is -2.60. The topological polar surface area (TPSA) is 97.4 Å². The van der Waals surface area contributed by atoms with Crippen molar-refractivity contribution in [2.24, 2.45) is 5.73 Å². The number of carbonyl (C=O) groups is 2. The molecule has 120 valence electrons. The molecule has 1 fully saturated rings. The number of amides is 2. The number of nitrogens with one attached hydrogen (secondary N) is 2. The summed E-state index contributed by atoms with van der Waals surface area (Å²) in [5.41, 5.74) is 6.99. The average molecular weight is 313 g/mol. The lowest BCUT2D eigenvalue weighted by Gasteiger charge is -2.22. The molecule has 1 heterocycles. The summed E-state index contributed by atoms with van der Waals surface area (Å²) in [5.74, 6) is -0.443. The second kappa shape index (κ2) is 6.26. The summed E-state index contributed by atoms with van der Waals surface area (Å²) in [7, 11) is 0. The van der Waals surface area contributed by atoms with Gasteiger partial charge in [0, 0.05) is 11.4 Å². The number of furan rings is 1. The third kappa shape index (κ3) is 3.43. The van der Waals surface area contributed by atoms with E-state index in [1.165, 1.54) is 12.5 Å². The predicted molar refractivity (Wildman–Crippen MR) is 87.1 cm³/mol. The first kappa shape index (κ1) is 15.3. The van der Waals surface area contributed by atoms with Crippen LogP contribution in [0.15, 0.2) is 47.3 Å². The zero-order valence-electron chi connectivity index (χ0n) is 12.7. The van der Waals surface area contributed by atoms with E-state index in [9.17, 15) is 9.59 Å². The van der Waals surface area contributed by atoms with Gasteiger partial charge in [0.2, 0.25) is 5.91 Å². The van der Waals surface area contributed by atoms with Gasteiger partial charge in [-0.1, -0.05) is 18.9 Å². The smallest absolute Gasteiger partial charge is 0.258 e. The Kier molecular flexibility index (Phi) is 4.16. The second-order valence-corrected chi connectivity index (χ2v) is 5.86. The van der Waals surface area contributed by atoms with E-state index in [0.717, 1.165) is 12.8 Å². The third-order valence-corrected chi connectivity index (χ3v) is 4.11. The van der Waals surface area contributed by atoms with Crippen molar-refractivity contribution in [1.82, 2.24) is 0 Å². The largest absolute Gasteiger partial charge is 0.472 e. The Morgan fingerprint density at radius 3 is 2.43 bits per heavy atom. The summed E-state index contributed by atoms with van der Waals surface area (Å²) in [4.78, 5) is 24.3. The number of carbonyl (C=O) groups excluding carboxylic acids is 2. The Balaban J connectivity index is 1.68. The predicted octanol–water partition coefficient (Wildman–Crippen LogP) is 2.74. The molecule has 1 aliphatic carbocycles. The van der Waals surface area contributed by atoms with E-state index in [4.69, 9.17) is 10.2 Å². The molecule has 6 nitrogen and oxygen atoms in total. The number of benzene rings is 1. The molecular formula is C17H19N3O3. The highest BCUT2D eigenvalue weighted by Gasteiger charge is 2.36. The van der Waals surface area contributed by atoms with E-state index >= 15 is 0 Å². The van der Waals surface area contributed by atoms with Crippen LogP contribution in [0.3, 0.4) is 0 Å². The van der Waals surface area contributed by atoms with Crippen molar-refractivity contribution in [1.29, 1.82) is 0 Å². The van der Waals surface area contributed by atoms with Crippen molar-refractivity contribution in [3.05, 3.63) is 48.4 Å². The molecule has 23 heavy (non-hydrogen) atoms. The Bertz CT molecular complexity index is 704. The highest BCUT2D eigenvalue weighted by molar-refractivity contribution is 6.04. The van der Waals surface area contributed by atoms with E-state index < -0.39 is 5.54 Å². The lowest BCUT2D eigenvalue weighted by atomic mass is 9.98. The van der Waals surface area contributed by atoms with Gasteiger partial charge in [0.1, 0.15) is 6.26 Å². The molecule has 0 atom stereocenters. The molecule has 1 aromatic carbocycles.